The minimum Gasteiger partial charge on any atom is -0.355 e. The predicted octanol–water partition coefficient (Wildman–Crippen LogP) is 0.752. The number of amides is 2. The van der Waals surface area contributed by atoms with Crippen LogP contribution in [0.4, 0.5) is 8.78 Å². The van der Waals surface area contributed by atoms with Crippen LogP contribution in [0.2, 0.25) is 0 Å². The Bertz CT molecular complexity index is 620. The smallest absolute Gasteiger partial charge is 0.262 e. The number of pyridine rings is 1. The third-order valence-electron chi connectivity index (χ3n) is 4.55. The van der Waals surface area contributed by atoms with E-state index in [-0.39, 0.29) is 37.4 Å². The van der Waals surface area contributed by atoms with Gasteiger partial charge in [-0.15, -0.1) is 0 Å². The predicted molar refractivity (Wildman–Crippen MR) is 82.7 cm³/mol. The quantitative estimate of drug-likeness (QED) is 0.880. The summed E-state index contributed by atoms with van der Waals surface area (Å²) in [5.74, 6) is -3.09. The van der Waals surface area contributed by atoms with Crippen molar-refractivity contribution in [3.8, 4) is 0 Å². The van der Waals surface area contributed by atoms with E-state index >= 15 is 0 Å². The van der Waals surface area contributed by atoms with E-state index in [0.29, 0.717) is 18.7 Å². The van der Waals surface area contributed by atoms with E-state index in [4.69, 9.17) is 0 Å². The van der Waals surface area contributed by atoms with E-state index in [1.54, 1.807) is 34.3 Å². The summed E-state index contributed by atoms with van der Waals surface area (Å²) < 4.78 is 27.5. The fraction of sp³-hybridized carbons (Fsp3) is 0.562. The number of aromatic nitrogens is 1. The standard InChI is InChI=1S/C16H20F2N4O2/c1-11(23)20-7-13-6-16(17,18)10-22(13)14-8-21(9-14)15(24)12-2-4-19-5-3-12/h2-5,13-14H,6-10H2,1H3,(H,20,23)/t13-/m0/s1. The van der Waals surface area contributed by atoms with Crippen LogP contribution >= 0.6 is 0 Å². The van der Waals surface area contributed by atoms with Gasteiger partial charge in [0.05, 0.1) is 6.54 Å². The van der Waals surface area contributed by atoms with Crippen LogP contribution in [0.3, 0.4) is 0 Å². The molecule has 3 rings (SSSR count). The Hall–Kier alpha value is -2.09. The lowest BCUT2D eigenvalue weighted by molar-refractivity contribution is -0.119. The van der Waals surface area contributed by atoms with Crippen molar-refractivity contribution in [1.82, 2.24) is 20.1 Å². The van der Waals surface area contributed by atoms with Gasteiger partial charge in [0.25, 0.3) is 11.8 Å². The Kier molecular flexibility index (Phi) is 4.49. The van der Waals surface area contributed by atoms with Gasteiger partial charge >= 0.3 is 0 Å². The Balaban J connectivity index is 1.59. The first-order valence-electron chi connectivity index (χ1n) is 7.93. The molecule has 2 aliphatic rings. The number of hydrogen-bond donors (Lipinski definition) is 1. The summed E-state index contributed by atoms with van der Waals surface area (Å²) >= 11 is 0. The van der Waals surface area contributed by atoms with Gasteiger partial charge in [-0.05, 0) is 12.1 Å². The van der Waals surface area contributed by atoms with Crippen molar-refractivity contribution < 1.29 is 18.4 Å². The first-order chi connectivity index (χ1) is 11.4. The van der Waals surface area contributed by atoms with E-state index in [2.05, 4.69) is 10.3 Å². The van der Waals surface area contributed by atoms with Crippen LogP contribution in [-0.4, -0.2) is 70.8 Å². The molecular weight excluding hydrogens is 318 g/mol. The van der Waals surface area contributed by atoms with Crippen molar-refractivity contribution in [2.75, 3.05) is 26.2 Å². The zero-order valence-corrected chi connectivity index (χ0v) is 13.4. The van der Waals surface area contributed by atoms with Crippen molar-refractivity contribution in [2.24, 2.45) is 0 Å². The molecule has 0 bridgehead atoms. The number of alkyl halides is 2. The van der Waals surface area contributed by atoms with Gasteiger partial charge in [0, 0.05) is 63.0 Å². The zero-order valence-electron chi connectivity index (χ0n) is 13.4. The molecule has 130 valence electrons. The molecule has 1 aromatic rings. The second-order valence-electron chi connectivity index (χ2n) is 6.42. The monoisotopic (exact) mass is 338 g/mol. The molecule has 0 unspecified atom stereocenters. The first-order valence-corrected chi connectivity index (χ1v) is 7.93. The molecule has 0 aliphatic carbocycles. The molecule has 0 spiro atoms. The molecule has 0 saturated carbocycles. The highest BCUT2D eigenvalue weighted by atomic mass is 19.3. The Morgan fingerprint density at radius 1 is 1.33 bits per heavy atom. The van der Waals surface area contributed by atoms with E-state index in [0.717, 1.165) is 0 Å². The van der Waals surface area contributed by atoms with Crippen LogP contribution in [0.5, 0.6) is 0 Å². The van der Waals surface area contributed by atoms with Crippen LogP contribution in [0.15, 0.2) is 24.5 Å². The number of carbonyl (C=O) groups excluding carboxylic acids is 2. The molecule has 2 fully saturated rings. The molecule has 24 heavy (non-hydrogen) atoms. The number of nitrogens with one attached hydrogen (secondary N) is 1. The fourth-order valence-electron chi connectivity index (χ4n) is 3.31. The molecule has 6 nitrogen and oxygen atoms in total. The van der Waals surface area contributed by atoms with Crippen LogP contribution in [0, 0.1) is 0 Å². The zero-order chi connectivity index (χ0) is 17.3. The maximum atomic E-state index is 13.8. The lowest BCUT2D eigenvalue weighted by atomic mass is 10.0. The van der Waals surface area contributed by atoms with Gasteiger partial charge in [0.1, 0.15) is 0 Å². The summed E-state index contributed by atoms with van der Waals surface area (Å²) in [6, 6.07) is 2.79. The highest BCUT2D eigenvalue weighted by Crippen LogP contribution is 2.35. The van der Waals surface area contributed by atoms with Gasteiger partial charge in [-0.3, -0.25) is 19.5 Å². The molecule has 0 radical (unpaired) electrons. The summed E-state index contributed by atoms with van der Waals surface area (Å²) in [4.78, 5) is 30.6. The summed E-state index contributed by atoms with van der Waals surface area (Å²) in [6.45, 7) is 2.11. The molecule has 3 heterocycles. The highest BCUT2D eigenvalue weighted by molar-refractivity contribution is 5.94. The summed E-state index contributed by atoms with van der Waals surface area (Å²) in [6.07, 6.45) is 2.84. The van der Waals surface area contributed by atoms with E-state index in [1.165, 1.54) is 6.92 Å². The van der Waals surface area contributed by atoms with Crippen molar-refractivity contribution in [3.63, 3.8) is 0 Å². The van der Waals surface area contributed by atoms with Crippen LogP contribution in [-0.2, 0) is 4.79 Å². The summed E-state index contributed by atoms with van der Waals surface area (Å²) in [5, 5.41) is 2.62. The molecule has 1 aromatic heterocycles. The van der Waals surface area contributed by atoms with Gasteiger partial charge in [-0.2, -0.15) is 0 Å². The average molecular weight is 338 g/mol. The average Bonchev–Trinajstić information content (AvgIpc) is 2.79. The van der Waals surface area contributed by atoms with Crippen LogP contribution in [0.25, 0.3) is 0 Å². The largest absolute Gasteiger partial charge is 0.355 e. The van der Waals surface area contributed by atoms with Crippen LogP contribution in [0.1, 0.15) is 23.7 Å². The van der Waals surface area contributed by atoms with Gasteiger partial charge in [-0.25, -0.2) is 8.78 Å². The first kappa shape index (κ1) is 16.8. The number of halogens is 2. The minimum atomic E-state index is -2.75. The number of hydrogen-bond acceptors (Lipinski definition) is 4. The van der Waals surface area contributed by atoms with Crippen molar-refractivity contribution >= 4 is 11.8 Å². The number of likely N-dealkylation sites (tertiary alicyclic amines) is 2. The Morgan fingerprint density at radius 2 is 2.00 bits per heavy atom. The Labute approximate surface area is 138 Å². The normalized spacial score (nSPS) is 23.8. The molecule has 1 N–H and O–H groups in total. The number of carbonyl (C=O) groups is 2. The van der Waals surface area contributed by atoms with Gasteiger partial charge in [0.15, 0.2) is 0 Å². The highest BCUT2D eigenvalue weighted by Gasteiger charge is 2.50. The third-order valence-corrected chi connectivity index (χ3v) is 4.55. The third kappa shape index (κ3) is 3.53. The van der Waals surface area contributed by atoms with Crippen molar-refractivity contribution in [2.45, 2.75) is 31.4 Å². The molecule has 2 amide bonds. The molecule has 2 aliphatic heterocycles. The van der Waals surface area contributed by atoms with Gasteiger partial charge < -0.3 is 10.2 Å². The molecule has 2 saturated heterocycles. The number of nitrogens with zero attached hydrogens (tertiary/aromatic N) is 3. The minimum absolute atomic E-state index is 0.0945. The van der Waals surface area contributed by atoms with Crippen molar-refractivity contribution in [3.05, 3.63) is 30.1 Å². The second-order valence-corrected chi connectivity index (χ2v) is 6.42. The van der Waals surface area contributed by atoms with Crippen molar-refractivity contribution in [1.29, 1.82) is 0 Å². The van der Waals surface area contributed by atoms with E-state index < -0.39 is 12.0 Å². The summed E-state index contributed by atoms with van der Waals surface area (Å²) in [7, 11) is 0. The second kappa shape index (κ2) is 6.43. The maximum Gasteiger partial charge on any atom is 0.262 e. The van der Waals surface area contributed by atoms with Gasteiger partial charge in [-0.1, -0.05) is 0 Å². The topological polar surface area (TPSA) is 65.5 Å². The lowest BCUT2D eigenvalue weighted by Crippen LogP contribution is -2.63. The maximum absolute atomic E-state index is 13.8. The molecule has 1 atom stereocenters. The number of rotatable bonds is 4. The van der Waals surface area contributed by atoms with Crippen LogP contribution < -0.4 is 5.32 Å². The fourth-order valence-corrected chi connectivity index (χ4v) is 3.31. The Morgan fingerprint density at radius 3 is 2.62 bits per heavy atom. The summed E-state index contributed by atoms with van der Waals surface area (Å²) in [5.41, 5.74) is 0.546. The molecule has 8 heteroatoms. The lowest BCUT2D eigenvalue weighted by Gasteiger charge is -2.46. The van der Waals surface area contributed by atoms with E-state index in [1.807, 2.05) is 0 Å². The van der Waals surface area contributed by atoms with E-state index in [9.17, 15) is 18.4 Å². The van der Waals surface area contributed by atoms with Gasteiger partial charge in [0.2, 0.25) is 5.91 Å². The molecular formula is C16H20F2N4O2. The SMILES string of the molecule is CC(=O)NC[C@@H]1CC(F)(F)CN1C1CN(C(=O)c2ccncc2)C1. The molecule has 0 aromatic carbocycles.